The highest BCUT2D eigenvalue weighted by Gasteiger charge is 2.17. The van der Waals surface area contributed by atoms with E-state index in [1.807, 2.05) is 0 Å². The van der Waals surface area contributed by atoms with E-state index in [-0.39, 0.29) is 0 Å². The minimum Gasteiger partial charge on any atom is -0.446 e. The molecule has 0 saturated carbocycles. The molecule has 0 saturated heterocycles. The lowest BCUT2D eigenvalue weighted by atomic mass is 10.5. The van der Waals surface area contributed by atoms with Crippen LogP contribution in [-0.2, 0) is 19.1 Å². The van der Waals surface area contributed by atoms with E-state index in [0.29, 0.717) is 12.2 Å². The Balaban J connectivity index is 3.86. The maximum absolute atomic E-state index is 10.9. The van der Waals surface area contributed by atoms with E-state index >= 15 is 0 Å². The van der Waals surface area contributed by atoms with Crippen LogP contribution in [-0.4, -0.2) is 68.2 Å². The second-order valence-corrected chi connectivity index (χ2v) is 3.17. The van der Waals surface area contributed by atoms with E-state index in [4.69, 9.17) is 30.6 Å². The van der Waals surface area contributed by atoms with E-state index in [1.165, 1.54) is 0 Å². The first-order chi connectivity index (χ1) is 8.99. The van der Waals surface area contributed by atoms with Gasteiger partial charge in [0.05, 0.1) is 0 Å². The molecule has 12 nitrogen and oxygen atoms in total. The number of nitrogens with one attached hydrogen (secondary N) is 2. The zero-order valence-corrected chi connectivity index (χ0v) is 9.89. The van der Waals surface area contributed by atoms with Crippen LogP contribution < -0.4 is 10.6 Å². The third kappa shape index (κ3) is 12.8. The van der Waals surface area contributed by atoms with E-state index < -0.39 is 37.6 Å². The van der Waals surface area contributed by atoms with Crippen LogP contribution in [0.2, 0.25) is 0 Å². The SMILES string of the molecule is O=C(C=CC(=O)OCNC(O)(O)O)OCNC(O)(O)O. The van der Waals surface area contributed by atoms with Gasteiger partial charge in [-0.15, -0.1) is 0 Å². The van der Waals surface area contributed by atoms with Gasteiger partial charge in [-0.25, -0.2) is 20.2 Å². The molecule has 0 unspecified atom stereocenters. The Morgan fingerprint density at radius 1 is 0.800 bits per heavy atom. The molecule has 0 aliphatic carbocycles. The number of hydrogen-bond donors (Lipinski definition) is 8. The van der Waals surface area contributed by atoms with Crippen LogP contribution in [0.4, 0.5) is 0 Å². The van der Waals surface area contributed by atoms with E-state index in [1.54, 1.807) is 10.6 Å². The standard InChI is InChI=1S/C8H14N2O10/c11-5(19-3-9-7(13,14)15)1-2-6(12)20-4-10-8(16,17)18/h1-2,9-10,13-18H,3-4H2. The maximum Gasteiger partial charge on any atom is 0.345 e. The molecule has 0 bridgehead atoms. The Morgan fingerprint density at radius 2 is 1.10 bits per heavy atom. The summed E-state index contributed by atoms with van der Waals surface area (Å²) < 4.78 is 8.53. The molecule has 12 heteroatoms. The third-order valence-electron chi connectivity index (χ3n) is 1.40. The van der Waals surface area contributed by atoms with E-state index in [0.717, 1.165) is 0 Å². The van der Waals surface area contributed by atoms with E-state index in [9.17, 15) is 9.59 Å². The van der Waals surface area contributed by atoms with Gasteiger partial charge < -0.3 is 40.1 Å². The fraction of sp³-hybridized carbons (Fsp3) is 0.500. The highest BCUT2D eigenvalue weighted by atomic mass is 16.7. The quantitative estimate of drug-likeness (QED) is 0.121. The van der Waals surface area contributed by atoms with Crippen LogP contribution in [0.1, 0.15) is 0 Å². The van der Waals surface area contributed by atoms with Crippen molar-refractivity contribution in [3.05, 3.63) is 12.2 Å². The first-order valence-electron chi connectivity index (χ1n) is 4.85. The Hall–Kier alpha value is -1.64. The van der Waals surface area contributed by atoms with Gasteiger partial charge in [0, 0.05) is 12.2 Å². The fourth-order valence-corrected chi connectivity index (χ4v) is 0.640. The smallest absolute Gasteiger partial charge is 0.345 e. The summed E-state index contributed by atoms with van der Waals surface area (Å²) >= 11 is 0. The van der Waals surface area contributed by atoms with Crippen LogP contribution in [0.5, 0.6) is 0 Å². The molecule has 0 fully saturated rings. The van der Waals surface area contributed by atoms with Crippen LogP contribution in [0.25, 0.3) is 0 Å². The molecule has 0 spiro atoms. The summed E-state index contributed by atoms with van der Waals surface area (Å²) in [5.41, 5.74) is 0. The summed E-state index contributed by atoms with van der Waals surface area (Å²) in [6.07, 6.45) is -5.19. The highest BCUT2D eigenvalue weighted by molar-refractivity contribution is 5.91. The number of carbonyl (C=O) groups is 2. The van der Waals surface area contributed by atoms with Crippen molar-refractivity contribution in [2.24, 2.45) is 0 Å². The lowest BCUT2D eigenvalue weighted by molar-refractivity contribution is -0.337. The number of ether oxygens (including phenoxy) is 2. The van der Waals surface area contributed by atoms with Crippen LogP contribution in [0.15, 0.2) is 12.2 Å². The average Bonchev–Trinajstić information content (AvgIpc) is 2.22. The molecule has 0 aliphatic rings. The second kappa shape index (κ2) is 7.83. The zero-order valence-electron chi connectivity index (χ0n) is 9.89. The normalized spacial score (nSPS) is 12.5. The summed E-state index contributed by atoms with van der Waals surface area (Å²) in [7, 11) is 0. The number of hydrogen-bond acceptors (Lipinski definition) is 12. The molecule has 0 aromatic carbocycles. The number of carbonyl (C=O) groups excluding carboxylic acids is 2. The Morgan fingerprint density at radius 3 is 1.35 bits per heavy atom. The van der Waals surface area contributed by atoms with Crippen molar-refractivity contribution in [3.8, 4) is 0 Å². The van der Waals surface area contributed by atoms with Crippen LogP contribution in [0.3, 0.4) is 0 Å². The highest BCUT2D eigenvalue weighted by Crippen LogP contribution is 1.89. The largest absolute Gasteiger partial charge is 0.446 e. The molecule has 8 N–H and O–H groups in total. The molecular formula is C8H14N2O10. The maximum atomic E-state index is 10.9. The summed E-state index contributed by atoms with van der Waals surface area (Å²) in [4.78, 5) is 21.9. The Bertz CT molecular complexity index is 321. The fourth-order valence-electron chi connectivity index (χ4n) is 0.640. The van der Waals surface area contributed by atoms with Gasteiger partial charge in [-0.2, -0.15) is 0 Å². The molecule has 0 aliphatic heterocycles. The first kappa shape index (κ1) is 18.4. The molecule has 0 radical (unpaired) electrons. The molecule has 0 aromatic heterocycles. The lowest BCUT2D eigenvalue weighted by Gasteiger charge is -2.14. The number of esters is 2. The summed E-state index contributed by atoms with van der Waals surface area (Å²) in [6, 6.07) is 0. The van der Waals surface area contributed by atoms with Gasteiger partial charge in [0.1, 0.15) is 13.5 Å². The number of rotatable bonds is 8. The molecule has 0 atom stereocenters. The van der Waals surface area contributed by atoms with Crippen molar-refractivity contribution in [3.63, 3.8) is 0 Å². The van der Waals surface area contributed by atoms with Gasteiger partial charge in [-0.05, 0) is 0 Å². The minimum absolute atomic E-state index is 0.613. The van der Waals surface area contributed by atoms with Gasteiger partial charge in [0.15, 0.2) is 0 Å². The molecule has 0 aromatic rings. The molecule has 0 rings (SSSR count). The number of aliphatic hydroxyl groups is 6. The van der Waals surface area contributed by atoms with Crippen molar-refractivity contribution < 1.29 is 49.7 Å². The summed E-state index contributed by atoms with van der Waals surface area (Å²) in [5, 5.41) is 53.3. The van der Waals surface area contributed by atoms with Crippen molar-refractivity contribution in [2.75, 3.05) is 13.5 Å². The van der Waals surface area contributed by atoms with Crippen molar-refractivity contribution in [1.82, 2.24) is 10.6 Å². The predicted octanol–water partition coefficient (Wildman–Crippen LogP) is -5.10. The minimum atomic E-state index is -3.21. The molecule has 0 amide bonds. The Kier molecular flexibility index (Phi) is 7.19. The molecule has 0 heterocycles. The van der Waals surface area contributed by atoms with Gasteiger partial charge in [0.2, 0.25) is 0 Å². The summed E-state index contributed by atoms with van der Waals surface area (Å²) in [6.45, 7) is -1.52. The molecular weight excluding hydrogens is 284 g/mol. The third-order valence-corrected chi connectivity index (χ3v) is 1.40. The monoisotopic (exact) mass is 298 g/mol. The van der Waals surface area contributed by atoms with Crippen LogP contribution in [0, 0.1) is 0 Å². The predicted molar refractivity (Wildman–Crippen MR) is 56.1 cm³/mol. The van der Waals surface area contributed by atoms with Crippen molar-refractivity contribution in [2.45, 2.75) is 12.2 Å². The van der Waals surface area contributed by atoms with Gasteiger partial charge in [0.25, 0.3) is 0 Å². The molecule has 20 heavy (non-hydrogen) atoms. The average molecular weight is 298 g/mol. The topological polar surface area (TPSA) is 198 Å². The summed E-state index contributed by atoms with van der Waals surface area (Å²) in [5.74, 6) is -2.15. The zero-order chi connectivity index (χ0) is 15.8. The first-order valence-corrected chi connectivity index (χ1v) is 4.85. The second-order valence-electron chi connectivity index (χ2n) is 3.17. The molecule has 116 valence electrons. The van der Waals surface area contributed by atoms with Crippen LogP contribution >= 0.6 is 0 Å². The van der Waals surface area contributed by atoms with E-state index in [2.05, 4.69) is 9.47 Å². The Labute approximate surface area is 111 Å². The van der Waals surface area contributed by atoms with Crippen molar-refractivity contribution >= 4 is 11.9 Å². The van der Waals surface area contributed by atoms with Gasteiger partial charge >= 0.3 is 24.1 Å². The van der Waals surface area contributed by atoms with Gasteiger partial charge in [-0.3, -0.25) is 0 Å². The lowest BCUT2D eigenvalue weighted by Crippen LogP contribution is -2.46. The van der Waals surface area contributed by atoms with Crippen molar-refractivity contribution in [1.29, 1.82) is 0 Å². The van der Waals surface area contributed by atoms with Gasteiger partial charge in [-0.1, -0.05) is 0 Å².